The molecule has 2 rings (SSSR count). The first-order chi connectivity index (χ1) is 9.37. The third-order valence-corrected chi connectivity index (χ3v) is 5.10. The lowest BCUT2D eigenvalue weighted by Gasteiger charge is -2.34. The zero-order valence-electron chi connectivity index (χ0n) is 10.4. The van der Waals surface area contributed by atoms with Crippen LogP contribution in [0.5, 0.6) is 0 Å². The van der Waals surface area contributed by atoms with Gasteiger partial charge in [0.1, 0.15) is 17.5 Å². The van der Waals surface area contributed by atoms with Gasteiger partial charge in [0.25, 0.3) is 0 Å². The zero-order valence-corrected chi connectivity index (χ0v) is 11.3. The average Bonchev–Trinajstić information content (AvgIpc) is 2.37. The molecule has 1 atom stereocenters. The fourth-order valence-electron chi connectivity index (χ4n) is 2.15. The van der Waals surface area contributed by atoms with Crippen LogP contribution in [0.1, 0.15) is 0 Å². The number of hydrogen-bond donors (Lipinski definition) is 2. The van der Waals surface area contributed by atoms with Gasteiger partial charge < -0.3 is 11.1 Å². The van der Waals surface area contributed by atoms with Crippen molar-refractivity contribution in [2.45, 2.75) is 10.9 Å². The average molecular weight is 309 g/mol. The second kappa shape index (κ2) is 5.68. The lowest BCUT2D eigenvalue weighted by molar-refractivity contribution is 0.270. The largest absolute Gasteiger partial charge is 0.329 e. The summed E-state index contributed by atoms with van der Waals surface area (Å²) >= 11 is 0. The van der Waals surface area contributed by atoms with E-state index in [0.717, 1.165) is 4.31 Å². The first kappa shape index (κ1) is 15.2. The van der Waals surface area contributed by atoms with Crippen molar-refractivity contribution in [3.8, 4) is 0 Å². The fourth-order valence-corrected chi connectivity index (χ4v) is 3.88. The Morgan fingerprint density at radius 2 is 1.90 bits per heavy atom. The molecule has 0 spiro atoms. The van der Waals surface area contributed by atoms with Crippen LogP contribution in [0.2, 0.25) is 0 Å². The molecule has 0 bridgehead atoms. The summed E-state index contributed by atoms with van der Waals surface area (Å²) < 4.78 is 65.8. The molecular weight excluding hydrogens is 295 g/mol. The Morgan fingerprint density at radius 1 is 1.30 bits per heavy atom. The highest BCUT2D eigenvalue weighted by Crippen LogP contribution is 2.25. The van der Waals surface area contributed by atoms with Gasteiger partial charge in [-0.05, 0) is 0 Å². The smallest absolute Gasteiger partial charge is 0.249 e. The molecule has 1 fully saturated rings. The Morgan fingerprint density at radius 3 is 2.45 bits per heavy atom. The standard InChI is InChI=1S/C11H14F3N3O2S/c12-7-3-9(13)11(10(14)4-7)20(18,19)17-2-1-16-6-8(17)5-15/h3-4,8,16H,1-2,5-6,15H2. The van der Waals surface area contributed by atoms with E-state index >= 15 is 0 Å². The van der Waals surface area contributed by atoms with Gasteiger partial charge in [-0.15, -0.1) is 0 Å². The van der Waals surface area contributed by atoms with Crippen LogP contribution in [0.25, 0.3) is 0 Å². The van der Waals surface area contributed by atoms with Crippen molar-refractivity contribution in [1.29, 1.82) is 0 Å². The van der Waals surface area contributed by atoms with Gasteiger partial charge in [0.05, 0.1) is 0 Å². The van der Waals surface area contributed by atoms with E-state index in [1.807, 2.05) is 0 Å². The number of benzene rings is 1. The predicted molar refractivity (Wildman–Crippen MR) is 65.9 cm³/mol. The minimum atomic E-state index is -4.40. The van der Waals surface area contributed by atoms with E-state index in [-0.39, 0.29) is 13.1 Å². The minimum absolute atomic E-state index is 0.0106. The summed E-state index contributed by atoms with van der Waals surface area (Å²) in [6.07, 6.45) is 0. The van der Waals surface area contributed by atoms with Crippen molar-refractivity contribution < 1.29 is 21.6 Å². The zero-order chi connectivity index (χ0) is 14.9. The fraction of sp³-hybridized carbons (Fsp3) is 0.455. The summed E-state index contributed by atoms with van der Waals surface area (Å²) in [4.78, 5) is -1.14. The van der Waals surface area contributed by atoms with E-state index in [1.165, 1.54) is 0 Å². The van der Waals surface area contributed by atoms with Gasteiger partial charge in [-0.3, -0.25) is 0 Å². The number of halogens is 3. The van der Waals surface area contributed by atoms with Gasteiger partial charge in [-0.1, -0.05) is 0 Å². The molecule has 1 aliphatic heterocycles. The molecule has 0 radical (unpaired) electrons. The van der Waals surface area contributed by atoms with Crippen molar-refractivity contribution in [2.75, 3.05) is 26.2 Å². The second-order valence-electron chi connectivity index (χ2n) is 4.41. The first-order valence-corrected chi connectivity index (χ1v) is 7.39. The Kier molecular flexibility index (Phi) is 4.33. The lowest BCUT2D eigenvalue weighted by atomic mass is 10.2. The van der Waals surface area contributed by atoms with Crippen LogP contribution in [0.4, 0.5) is 13.2 Å². The van der Waals surface area contributed by atoms with Gasteiger partial charge in [-0.2, -0.15) is 4.31 Å². The monoisotopic (exact) mass is 309 g/mol. The molecular formula is C11H14F3N3O2S. The SMILES string of the molecule is NCC1CNCCN1S(=O)(=O)c1c(F)cc(F)cc1F. The molecule has 0 aromatic heterocycles. The Labute approximate surface area is 114 Å². The third kappa shape index (κ3) is 2.66. The van der Waals surface area contributed by atoms with E-state index < -0.39 is 38.4 Å². The summed E-state index contributed by atoms with van der Waals surface area (Å²) in [5.41, 5.74) is 5.48. The maximum atomic E-state index is 13.7. The molecule has 3 N–H and O–H groups in total. The van der Waals surface area contributed by atoms with Crippen LogP contribution >= 0.6 is 0 Å². The van der Waals surface area contributed by atoms with E-state index in [9.17, 15) is 21.6 Å². The number of hydrogen-bond acceptors (Lipinski definition) is 4. The second-order valence-corrected chi connectivity index (χ2v) is 6.24. The summed E-state index contributed by atoms with van der Waals surface area (Å²) in [7, 11) is -4.40. The molecule has 112 valence electrons. The molecule has 0 aliphatic carbocycles. The van der Waals surface area contributed by atoms with Crippen molar-refractivity contribution in [2.24, 2.45) is 5.73 Å². The molecule has 1 unspecified atom stereocenters. The number of nitrogens with one attached hydrogen (secondary N) is 1. The van der Waals surface area contributed by atoms with Gasteiger partial charge in [0.15, 0.2) is 4.90 Å². The van der Waals surface area contributed by atoms with Crippen molar-refractivity contribution in [3.05, 3.63) is 29.6 Å². The Balaban J connectivity index is 2.49. The third-order valence-electron chi connectivity index (χ3n) is 3.10. The topological polar surface area (TPSA) is 75.4 Å². The van der Waals surface area contributed by atoms with Crippen LogP contribution in [0.15, 0.2) is 17.0 Å². The maximum absolute atomic E-state index is 13.7. The van der Waals surface area contributed by atoms with Crippen LogP contribution < -0.4 is 11.1 Å². The molecule has 1 saturated heterocycles. The summed E-state index contributed by atoms with van der Waals surface area (Å²) in [5, 5.41) is 2.94. The van der Waals surface area contributed by atoms with E-state index in [0.29, 0.717) is 25.2 Å². The summed E-state index contributed by atoms with van der Waals surface area (Å²) in [6, 6.07) is 0.0863. The molecule has 1 heterocycles. The van der Waals surface area contributed by atoms with Crippen molar-refractivity contribution >= 4 is 10.0 Å². The van der Waals surface area contributed by atoms with Crippen molar-refractivity contribution in [1.82, 2.24) is 9.62 Å². The van der Waals surface area contributed by atoms with E-state index in [4.69, 9.17) is 5.73 Å². The Bertz CT molecular complexity index is 586. The molecule has 1 aliphatic rings. The predicted octanol–water partition coefficient (Wildman–Crippen LogP) is 0.0251. The molecule has 1 aromatic carbocycles. The molecule has 9 heteroatoms. The number of nitrogens with two attached hydrogens (primary N) is 1. The molecule has 0 saturated carbocycles. The molecule has 20 heavy (non-hydrogen) atoms. The highest BCUT2D eigenvalue weighted by Gasteiger charge is 2.36. The number of nitrogens with zero attached hydrogens (tertiary/aromatic N) is 1. The summed E-state index contributed by atoms with van der Waals surface area (Å²) in [6.45, 7) is 0.692. The number of piperazine rings is 1. The van der Waals surface area contributed by atoms with E-state index in [2.05, 4.69) is 5.32 Å². The maximum Gasteiger partial charge on any atom is 0.249 e. The summed E-state index contributed by atoms with van der Waals surface area (Å²) in [5.74, 6) is -4.07. The van der Waals surface area contributed by atoms with Gasteiger partial charge in [0, 0.05) is 44.4 Å². The molecule has 1 aromatic rings. The van der Waals surface area contributed by atoms with Crippen LogP contribution in [-0.2, 0) is 10.0 Å². The first-order valence-electron chi connectivity index (χ1n) is 5.95. The highest BCUT2D eigenvalue weighted by molar-refractivity contribution is 7.89. The van der Waals surface area contributed by atoms with E-state index in [1.54, 1.807) is 0 Å². The van der Waals surface area contributed by atoms with Crippen LogP contribution in [-0.4, -0.2) is 44.9 Å². The number of sulfonamides is 1. The van der Waals surface area contributed by atoms with Gasteiger partial charge in [-0.25, -0.2) is 21.6 Å². The quantitative estimate of drug-likeness (QED) is 0.826. The lowest BCUT2D eigenvalue weighted by Crippen LogP contribution is -2.56. The van der Waals surface area contributed by atoms with Crippen molar-refractivity contribution in [3.63, 3.8) is 0 Å². The molecule has 5 nitrogen and oxygen atoms in total. The van der Waals surface area contributed by atoms with Crippen LogP contribution in [0.3, 0.4) is 0 Å². The highest BCUT2D eigenvalue weighted by atomic mass is 32.2. The minimum Gasteiger partial charge on any atom is -0.329 e. The van der Waals surface area contributed by atoms with Crippen LogP contribution in [0, 0.1) is 17.5 Å². The van der Waals surface area contributed by atoms with Gasteiger partial charge in [0.2, 0.25) is 10.0 Å². The number of rotatable bonds is 3. The normalized spacial score (nSPS) is 21.1. The van der Waals surface area contributed by atoms with Gasteiger partial charge >= 0.3 is 0 Å². The molecule has 0 amide bonds. The Hall–Kier alpha value is -1.16.